The fraction of sp³-hybridized carbons (Fsp3) is 0.143. The van der Waals surface area contributed by atoms with Crippen molar-refractivity contribution >= 4 is 27.4 Å². The van der Waals surface area contributed by atoms with Crippen LogP contribution in [-0.2, 0) is 11.2 Å². The van der Waals surface area contributed by atoms with Gasteiger partial charge in [0.2, 0.25) is 0 Å². The van der Waals surface area contributed by atoms with Crippen LogP contribution in [0.5, 0.6) is 0 Å². The number of thiophene rings is 1. The van der Waals surface area contributed by atoms with Crippen molar-refractivity contribution in [3.05, 3.63) is 42.4 Å². The number of aromatic nitrogens is 1. The van der Waals surface area contributed by atoms with Crippen LogP contribution in [-0.4, -0.2) is 16.1 Å². The summed E-state index contributed by atoms with van der Waals surface area (Å²) in [5.41, 5.74) is 0. The van der Waals surface area contributed by atoms with Gasteiger partial charge in [-0.25, -0.2) is 4.98 Å². The minimum absolute atomic E-state index is 0.0341. The highest BCUT2D eigenvalue weighted by Gasteiger charge is 2.10. The van der Waals surface area contributed by atoms with Gasteiger partial charge in [0.1, 0.15) is 0 Å². The van der Waals surface area contributed by atoms with Crippen LogP contribution in [0.4, 0.5) is 0 Å². The minimum atomic E-state index is -0.846. The molecule has 0 amide bonds. The van der Waals surface area contributed by atoms with Crippen molar-refractivity contribution in [3.8, 4) is 10.6 Å². The van der Waals surface area contributed by atoms with Crippen molar-refractivity contribution in [3.63, 3.8) is 0 Å². The number of rotatable bonds is 4. The van der Waals surface area contributed by atoms with Gasteiger partial charge in [-0.05, 0) is 17.5 Å². The first-order valence-electron chi connectivity index (χ1n) is 5.88. The summed E-state index contributed by atoms with van der Waals surface area (Å²) in [6, 6.07) is 10.2. The van der Waals surface area contributed by atoms with Gasteiger partial charge in [0, 0.05) is 11.1 Å². The number of carbonyl (C=O) groups is 1. The smallest absolute Gasteiger partial charge is 0.303 e. The van der Waals surface area contributed by atoms with Crippen molar-refractivity contribution in [2.75, 3.05) is 0 Å². The highest BCUT2D eigenvalue weighted by molar-refractivity contribution is 7.22. The fourth-order valence-electron chi connectivity index (χ4n) is 1.86. The van der Waals surface area contributed by atoms with Crippen LogP contribution in [0.25, 0.3) is 20.7 Å². The molecule has 5 heteroatoms. The lowest BCUT2D eigenvalue weighted by Crippen LogP contribution is -1.97. The van der Waals surface area contributed by atoms with E-state index in [2.05, 4.69) is 23.2 Å². The maximum atomic E-state index is 10.5. The number of nitrogens with zero attached hydrogens (tertiary/aromatic N) is 1. The molecule has 1 aromatic carbocycles. The van der Waals surface area contributed by atoms with Gasteiger partial charge < -0.3 is 9.52 Å². The van der Waals surface area contributed by atoms with E-state index >= 15 is 0 Å². The predicted molar refractivity (Wildman–Crippen MR) is 73.3 cm³/mol. The Balaban J connectivity index is 1.87. The number of oxazole rings is 1. The van der Waals surface area contributed by atoms with Crippen LogP contribution >= 0.6 is 11.3 Å². The standard InChI is InChI=1S/C14H11NO3S/c16-14(17)6-5-13-15-8-10(18-13)12-7-9-3-1-2-4-11(9)19-12/h1-4,7-8H,5-6H2,(H,16,17). The molecule has 0 unspecified atom stereocenters. The molecule has 0 radical (unpaired) electrons. The highest BCUT2D eigenvalue weighted by Crippen LogP contribution is 2.33. The van der Waals surface area contributed by atoms with E-state index in [4.69, 9.17) is 9.52 Å². The van der Waals surface area contributed by atoms with Crippen LogP contribution in [0.3, 0.4) is 0 Å². The molecule has 0 fully saturated rings. The molecule has 0 aliphatic heterocycles. The van der Waals surface area contributed by atoms with Crippen LogP contribution in [0, 0.1) is 0 Å². The molecule has 0 spiro atoms. The summed E-state index contributed by atoms with van der Waals surface area (Å²) in [6.07, 6.45) is 2.01. The van der Waals surface area contributed by atoms with Gasteiger partial charge in [0.05, 0.1) is 17.5 Å². The van der Waals surface area contributed by atoms with Crippen LogP contribution in [0.15, 0.2) is 40.9 Å². The molecule has 0 aliphatic carbocycles. The Labute approximate surface area is 113 Å². The number of carboxylic acid groups (broad SMARTS) is 1. The summed E-state index contributed by atoms with van der Waals surface area (Å²) >= 11 is 1.64. The summed E-state index contributed by atoms with van der Waals surface area (Å²) in [7, 11) is 0. The molecule has 0 aliphatic rings. The maximum absolute atomic E-state index is 10.5. The summed E-state index contributed by atoms with van der Waals surface area (Å²) in [4.78, 5) is 15.6. The summed E-state index contributed by atoms with van der Waals surface area (Å²) in [6.45, 7) is 0. The zero-order valence-electron chi connectivity index (χ0n) is 10.00. The van der Waals surface area contributed by atoms with Crippen molar-refractivity contribution in [2.45, 2.75) is 12.8 Å². The second kappa shape index (κ2) is 4.85. The number of aliphatic carboxylic acids is 1. The third kappa shape index (κ3) is 2.51. The molecule has 19 heavy (non-hydrogen) atoms. The lowest BCUT2D eigenvalue weighted by molar-refractivity contribution is -0.137. The molecule has 96 valence electrons. The number of fused-ring (bicyclic) bond motifs is 1. The van der Waals surface area contributed by atoms with E-state index in [0.29, 0.717) is 18.1 Å². The lowest BCUT2D eigenvalue weighted by Gasteiger charge is -1.91. The average Bonchev–Trinajstić information content (AvgIpc) is 3.02. The Hall–Kier alpha value is -2.14. The lowest BCUT2D eigenvalue weighted by atomic mass is 10.2. The Morgan fingerprint density at radius 3 is 3.00 bits per heavy atom. The monoisotopic (exact) mass is 273 g/mol. The first kappa shape index (κ1) is 11.9. The minimum Gasteiger partial charge on any atom is -0.481 e. The number of hydrogen-bond donors (Lipinski definition) is 1. The molecule has 3 aromatic rings. The van der Waals surface area contributed by atoms with Gasteiger partial charge in [-0.15, -0.1) is 11.3 Å². The summed E-state index contributed by atoms with van der Waals surface area (Å²) in [5.74, 6) is 0.318. The molecule has 2 aromatic heterocycles. The van der Waals surface area contributed by atoms with Gasteiger partial charge in [0.15, 0.2) is 11.7 Å². The third-order valence-electron chi connectivity index (χ3n) is 2.77. The van der Waals surface area contributed by atoms with E-state index in [9.17, 15) is 4.79 Å². The molecule has 2 heterocycles. The van der Waals surface area contributed by atoms with Gasteiger partial charge in [-0.2, -0.15) is 0 Å². The zero-order chi connectivity index (χ0) is 13.2. The Bertz CT molecular complexity index is 696. The average molecular weight is 273 g/mol. The molecule has 0 bridgehead atoms. The Morgan fingerprint density at radius 2 is 2.21 bits per heavy atom. The van der Waals surface area contributed by atoms with Crippen molar-refractivity contribution in [2.24, 2.45) is 0 Å². The zero-order valence-corrected chi connectivity index (χ0v) is 10.8. The maximum Gasteiger partial charge on any atom is 0.303 e. The van der Waals surface area contributed by atoms with Crippen molar-refractivity contribution in [1.29, 1.82) is 0 Å². The molecule has 0 atom stereocenters. The molecule has 3 rings (SSSR count). The highest BCUT2D eigenvalue weighted by atomic mass is 32.1. The third-order valence-corrected chi connectivity index (χ3v) is 3.91. The molecule has 4 nitrogen and oxygen atoms in total. The van der Waals surface area contributed by atoms with Gasteiger partial charge in [-0.1, -0.05) is 18.2 Å². The normalized spacial score (nSPS) is 10.9. The van der Waals surface area contributed by atoms with Gasteiger partial charge in [-0.3, -0.25) is 4.79 Å². The van der Waals surface area contributed by atoms with E-state index in [0.717, 1.165) is 4.88 Å². The van der Waals surface area contributed by atoms with E-state index in [1.807, 2.05) is 12.1 Å². The first-order valence-corrected chi connectivity index (χ1v) is 6.69. The SMILES string of the molecule is O=C(O)CCc1ncc(-c2cc3ccccc3s2)o1. The topological polar surface area (TPSA) is 63.3 Å². The number of aryl methyl sites for hydroxylation is 1. The van der Waals surface area contributed by atoms with Crippen molar-refractivity contribution in [1.82, 2.24) is 4.98 Å². The quantitative estimate of drug-likeness (QED) is 0.789. The fourth-order valence-corrected chi connectivity index (χ4v) is 2.87. The number of benzene rings is 1. The molecule has 1 N–H and O–H groups in total. The first-order chi connectivity index (χ1) is 9.22. The largest absolute Gasteiger partial charge is 0.481 e. The molecular formula is C14H11NO3S. The Kier molecular flexibility index (Phi) is 3.05. The number of carboxylic acids is 1. The van der Waals surface area contributed by atoms with Crippen LogP contribution < -0.4 is 0 Å². The van der Waals surface area contributed by atoms with E-state index in [-0.39, 0.29) is 6.42 Å². The molecule has 0 saturated heterocycles. The van der Waals surface area contributed by atoms with Crippen LogP contribution in [0.2, 0.25) is 0 Å². The second-order valence-electron chi connectivity index (χ2n) is 4.16. The molecular weight excluding hydrogens is 262 g/mol. The summed E-state index contributed by atoms with van der Waals surface area (Å²) < 4.78 is 6.78. The second-order valence-corrected chi connectivity index (χ2v) is 5.24. The summed E-state index contributed by atoms with van der Waals surface area (Å²) in [5, 5.41) is 9.80. The Morgan fingerprint density at radius 1 is 1.37 bits per heavy atom. The van der Waals surface area contributed by atoms with Crippen molar-refractivity contribution < 1.29 is 14.3 Å². The van der Waals surface area contributed by atoms with Gasteiger partial charge in [0.25, 0.3) is 0 Å². The van der Waals surface area contributed by atoms with E-state index in [1.165, 1.54) is 10.1 Å². The number of hydrogen-bond acceptors (Lipinski definition) is 4. The predicted octanol–water partition coefficient (Wildman–Crippen LogP) is 3.57. The van der Waals surface area contributed by atoms with Gasteiger partial charge >= 0.3 is 5.97 Å². The molecule has 0 saturated carbocycles. The van der Waals surface area contributed by atoms with Crippen LogP contribution in [0.1, 0.15) is 12.3 Å². The van der Waals surface area contributed by atoms with E-state index in [1.54, 1.807) is 17.5 Å². The van der Waals surface area contributed by atoms with E-state index < -0.39 is 5.97 Å².